The van der Waals surface area contributed by atoms with Crippen molar-refractivity contribution in [1.29, 1.82) is 0 Å². The maximum atomic E-state index is 12.3. The quantitative estimate of drug-likeness (QED) is 0.475. The minimum Gasteiger partial charge on any atom is -0.407 e. The lowest BCUT2D eigenvalue weighted by Crippen LogP contribution is -2.49. The molecule has 1 aliphatic heterocycles. The van der Waals surface area contributed by atoms with Crippen LogP contribution in [0.15, 0.2) is 21.9 Å². The second kappa shape index (κ2) is 9.27. The van der Waals surface area contributed by atoms with Gasteiger partial charge in [0.05, 0.1) is 13.2 Å². The molecule has 0 spiro atoms. The maximum absolute atomic E-state index is 12.3. The molecule has 0 saturated carbocycles. The Labute approximate surface area is 170 Å². The molecular formula is C18H32N2O6SSi. The SMILES string of the molecule is CSCCOC[C@H]1O[C@@H](n2ccc(=O)[nH]c2=O)C(O[Si](C)(C)C(C)(C)C)[C@H]1O. The summed E-state index contributed by atoms with van der Waals surface area (Å²) in [6.45, 7) is 11.2. The maximum Gasteiger partial charge on any atom is 0.330 e. The molecule has 8 nitrogen and oxygen atoms in total. The smallest absolute Gasteiger partial charge is 0.330 e. The first-order valence-corrected chi connectivity index (χ1v) is 13.7. The zero-order valence-corrected chi connectivity index (χ0v) is 19.2. The van der Waals surface area contributed by atoms with Gasteiger partial charge in [0.1, 0.15) is 18.3 Å². The molecule has 2 N–H and O–H groups in total. The van der Waals surface area contributed by atoms with Gasteiger partial charge >= 0.3 is 5.69 Å². The van der Waals surface area contributed by atoms with E-state index in [2.05, 4.69) is 38.8 Å². The van der Waals surface area contributed by atoms with Crippen LogP contribution in [-0.2, 0) is 13.9 Å². The minimum atomic E-state index is -2.26. The van der Waals surface area contributed by atoms with E-state index in [1.165, 1.54) is 16.8 Å². The molecule has 0 bridgehead atoms. The summed E-state index contributed by atoms with van der Waals surface area (Å²) < 4.78 is 19.3. The fraction of sp³-hybridized carbons (Fsp3) is 0.778. The van der Waals surface area contributed by atoms with Crippen LogP contribution in [0.3, 0.4) is 0 Å². The van der Waals surface area contributed by atoms with E-state index in [4.69, 9.17) is 13.9 Å². The topological polar surface area (TPSA) is 103 Å². The Balaban J connectivity index is 2.30. The first kappa shape index (κ1) is 23.4. The van der Waals surface area contributed by atoms with Crippen LogP contribution in [0.5, 0.6) is 0 Å². The zero-order valence-electron chi connectivity index (χ0n) is 17.4. The average Bonchev–Trinajstić information content (AvgIpc) is 2.87. The molecule has 0 radical (unpaired) electrons. The molecule has 0 amide bonds. The van der Waals surface area contributed by atoms with Crippen molar-refractivity contribution in [1.82, 2.24) is 9.55 Å². The normalized spacial score (nSPS) is 26.0. The largest absolute Gasteiger partial charge is 0.407 e. The summed E-state index contributed by atoms with van der Waals surface area (Å²) in [4.78, 5) is 26.0. The van der Waals surface area contributed by atoms with E-state index in [1.807, 2.05) is 6.26 Å². The number of nitrogens with zero attached hydrogens (tertiary/aromatic N) is 1. The first-order chi connectivity index (χ1) is 13.0. The molecule has 0 aliphatic carbocycles. The van der Waals surface area contributed by atoms with Gasteiger partial charge < -0.3 is 19.0 Å². The highest BCUT2D eigenvalue weighted by molar-refractivity contribution is 7.98. The van der Waals surface area contributed by atoms with E-state index in [-0.39, 0.29) is 11.6 Å². The fourth-order valence-electron chi connectivity index (χ4n) is 2.69. The molecule has 1 saturated heterocycles. The van der Waals surface area contributed by atoms with Gasteiger partial charge in [-0.2, -0.15) is 11.8 Å². The molecule has 28 heavy (non-hydrogen) atoms. The predicted octanol–water partition coefficient (Wildman–Crippen LogP) is 1.56. The van der Waals surface area contributed by atoms with Crippen molar-refractivity contribution in [2.45, 2.75) is 63.4 Å². The van der Waals surface area contributed by atoms with Gasteiger partial charge in [0.15, 0.2) is 14.5 Å². The number of hydrogen-bond donors (Lipinski definition) is 2. The number of H-pyrrole nitrogens is 1. The van der Waals surface area contributed by atoms with Crippen LogP contribution in [0.25, 0.3) is 0 Å². The van der Waals surface area contributed by atoms with Gasteiger partial charge in [0, 0.05) is 18.0 Å². The van der Waals surface area contributed by atoms with E-state index in [1.54, 1.807) is 11.8 Å². The van der Waals surface area contributed by atoms with Crippen LogP contribution in [0.1, 0.15) is 27.0 Å². The summed E-state index contributed by atoms with van der Waals surface area (Å²) in [5.41, 5.74) is -1.09. The Morgan fingerprint density at radius 1 is 1.36 bits per heavy atom. The average molecular weight is 433 g/mol. The molecule has 2 heterocycles. The highest BCUT2D eigenvalue weighted by Crippen LogP contribution is 2.41. The second-order valence-electron chi connectivity index (χ2n) is 8.48. The Hall–Kier alpha value is -0.913. The van der Waals surface area contributed by atoms with Gasteiger partial charge in [-0.3, -0.25) is 14.3 Å². The number of ether oxygens (including phenoxy) is 2. The van der Waals surface area contributed by atoms with E-state index in [9.17, 15) is 14.7 Å². The van der Waals surface area contributed by atoms with Crippen molar-refractivity contribution in [3.05, 3.63) is 33.1 Å². The van der Waals surface area contributed by atoms with E-state index < -0.39 is 44.1 Å². The van der Waals surface area contributed by atoms with E-state index >= 15 is 0 Å². The summed E-state index contributed by atoms with van der Waals surface area (Å²) in [6.07, 6.45) is 0.206. The van der Waals surface area contributed by atoms with Crippen molar-refractivity contribution in [2.75, 3.05) is 25.2 Å². The van der Waals surface area contributed by atoms with Gasteiger partial charge in [-0.15, -0.1) is 0 Å². The first-order valence-electron chi connectivity index (χ1n) is 9.37. The van der Waals surface area contributed by atoms with Gasteiger partial charge in [-0.25, -0.2) is 4.79 Å². The number of aliphatic hydroxyl groups excluding tert-OH is 1. The van der Waals surface area contributed by atoms with Crippen LogP contribution in [0.4, 0.5) is 0 Å². The van der Waals surface area contributed by atoms with Gasteiger partial charge in [0.2, 0.25) is 0 Å². The molecule has 10 heteroatoms. The van der Waals surface area contributed by atoms with Crippen LogP contribution < -0.4 is 11.2 Å². The van der Waals surface area contributed by atoms with Crippen LogP contribution in [-0.4, -0.2) is 66.5 Å². The molecule has 160 valence electrons. The van der Waals surface area contributed by atoms with Crippen molar-refractivity contribution in [3.63, 3.8) is 0 Å². The number of aromatic nitrogens is 2. The number of aromatic amines is 1. The summed E-state index contributed by atoms with van der Waals surface area (Å²) in [7, 11) is -2.26. The van der Waals surface area contributed by atoms with Crippen LogP contribution in [0, 0.1) is 0 Å². The van der Waals surface area contributed by atoms with Gasteiger partial charge in [0.25, 0.3) is 5.56 Å². The molecule has 0 aromatic carbocycles. The molecular weight excluding hydrogens is 400 g/mol. The Kier molecular flexibility index (Phi) is 7.74. The summed E-state index contributed by atoms with van der Waals surface area (Å²) in [5.74, 6) is 0.843. The van der Waals surface area contributed by atoms with Crippen molar-refractivity contribution in [2.24, 2.45) is 0 Å². The highest BCUT2D eigenvalue weighted by Gasteiger charge is 2.50. The number of hydrogen-bond acceptors (Lipinski definition) is 7. The number of nitrogens with one attached hydrogen (secondary N) is 1. The standard InChI is InChI=1S/C18H32N2O6SSi/c1-18(2,3)28(5,6)26-15-14(22)12(11-24-9-10-27-4)25-16(15)20-8-7-13(21)19-17(20)23/h7-8,12,14-16,22H,9-11H2,1-6H3,(H,19,21,23)/t12-,14+,15?,16-/m1/s1. The second-order valence-corrected chi connectivity index (χ2v) is 14.2. The fourth-order valence-corrected chi connectivity index (χ4v) is 4.27. The minimum absolute atomic E-state index is 0.0832. The van der Waals surface area contributed by atoms with E-state index in [0.29, 0.717) is 6.61 Å². The third-order valence-corrected chi connectivity index (χ3v) is 10.4. The molecule has 4 atom stereocenters. The Morgan fingerprint density at radius 2 is 2.04 bits per heavy atom. The predicted molar refractivity (Wildman–Crippen MR) is 113 cm³/mol. The van der Waals surface area contributed by atoms with Crippen molar-refractivity contribution >= 4 is 20.1 Å². The third-order valence-electron chi connectivity index (χ3n) is 5.39. The lowest BCUT2D eigenvalue weighted by molar-refractivity contribution is -0.0657. The number of rotatable bonds is 8. The Bertz CT molecular complexity index is 759. The summed E-state index contributed by atoms with van der Waals surface area (Å²) in [6, 6.07) is 1.25. The highest BCUT2D eigenvalue weighted by atomic mass is 32.2. The van der Waals surface area contributed by atoms with Crippen molar-refractivity contribution in [3.8, 4) is 0 Å². The molecule has 1 aromatic heterocycles. The third kappa shape index (κ3) is 5.36. The van der Waals surface area contributed by atoms with Crippen LogP contribution in [0.2, 0.25) is 18.1 Å². The lowest BCUT2D eigenvalue weighted by atomic mass is 10.1. The molecule has 2 rings (SSSR count). The monoisotopic (exact) mass is 432 g/mol. The van der Waals surface area contributed by atoms with Crippen LogP contribution >= 0.6 is 11.8 Å². The number of thioether (sulfide) groups is 1. The molecule has 1 unspecified atom stereocenters. The number of aliphatic hydroxyl groups is 1. The zero-order chi connectivity index (χ0) is 21.1. The summed E-state index contributed by atoms with van der Waals surface area (Å²) in [5, 5.41) is 10.8. The molecule has 1 aromatic rings. The Morgan fingerprint density at radius 3 is 2.61 bits per heavy atom. The molecule has 1 fully saturated rings. The molecule has 1 aliphatic rings. The van der Waals surface area contributed by atoms with Crippen molar-refractivity contribution < 1.29 is 19.0 Å². The van der Waals surface area contributed by atoms with E-state index in [0.717, 1.165) is 5.75 Å². The summed E-state index contributed by atoms with van der Waals surface area (Å²) >= 11 is 1.67. The van der Waals surface area contributed by atoms with Gasteiger partial charge in [-0.1, -0.05) is 20.8 Å². The lowest BCUT2D eigenvalue weighted by Gasteiger charge is -2.40. The van der Waals surface area contributed by atoms with Gasteiger partial charge in [-0.05, 0) is 24.4 Å².